The lowest BCUT2D eigenvalue weighted by molar-refractivity contribution is -0.385. The molecule has 6 nitrogen and oxygen atoms in total. The molecule has 23 heavy (non-hydrogen) atoms. The standard InChI is InChI=1S/C16H12BrN3O3/c1-10(11-5-3-2-4-6-11)19-15-7-12(17)14(20(22)23)8-13(15)18-9-16(19)21/h2-10H,1H3/t10-/m0/s1. The lowest BCUT2D eigenvalue weighted by Crippen LogP contribution is -2.24. The van der Waals surface area contributed by atoms with Crippen LogP contribution in [0.2, 0.25) is 0 Å². The lowest BCUT2D eigenvalue weighted by Gasteiger charge is -2.18. The zero-order valence-electron chi connectivity index (χ0n) is 12.1. The fraction of sp³-hybridized carbons (Fsp3) is 0.125. The van der Waals surface area contributed by atoms with Crippen LogP contribution in [0.5, 0.6) is 0 Å². The molecule has 0 N–H and O–H groups in total. The van der Waals surface area contributed by atoms with Crippen molar-refractivity contribution in [1.29, 1.82) is 0 Å². The smallest absolute Gasteiger partial charge is 0.285 e. The highest BCUT2D eigenvalue weighted by Crippen LogP contribution is 2.30. The third-order valence-electron chi connectivity index (χ3n) is 3.72. The highest BCUT2D eigenvalue weighted by molar-refractivity contribution is 9.10. The van der Waals surface area contributed by atoms with E-state index in [1.54, 1.807) is 10.6 Å². The van der Waals surface area contributed by atoms with Gasteiger partial charge in [-0.05, 0) is 34.5 Å². The molecule has 116 valence electrons. The van der Waals surface area contributed by atoms with Gasteiger partial charge in [-0.1, -0.05) is 30.3 Å². The molecule has 0 amide bonds. The van der Waals surface area contributed by atoms with Gasteiger partial charge >= 0.3 is 0 Å². The van der Waals surface area contributed by atoms with Crippen molar-refractivity contribution in [2.24, 2.45) is 0 Å². The van der Waals surface area contributed by atoms with Gasteiger partial charge in [0.15, 0.2) is 0 Å². The lowest BCUT2D eigenvalue weighted by atomic mass is 10.1. The van der Waals surface area contributed by atoms with Crippen LogP contribution in [0.4, 0.5) is 5.69 Å². The first-order valence-corrected chi connectivity index (χ1v) is 7.68. The Morgan fingerprint density at radius 3 is 2.61 bits per heavy atom. The van der Waals surface area contributed by atoms with Crippen LogP contribution in [0, 0.1) is 10.1 Å². The fourth-order valence-electron chi connectivity index (χ4n) is 2.56. The second-order valence-corrected chi connectivity index (χ2v) is 5.96. The van der Waals surface area contributed by atoms with E-state index < -0.39 is 4.92 Å². The molecule has 0 saturated heterocycles. The van der Waals surface area contributed by atoms with Crippen LogP contribution >= 0.6 is 15.9 Å². The Kier molecular flexibility index (Phi) is 3.96. The molecular formula is C16H12BrN3O3. The van der Waals surface area contributed by atoms with E-state index in [0.29, 0.717) is 15.5 Å². The third-order valence-corrected chi connectivity index (χ3v) is 4.36. The van der Waals surface area contributed by atoms with Crippen LogP contribution in [-0.4, -0.2) is 14.5 Å². The van der Waals surface area contributed by atoms with Gasteiger partial charge < -0.3 is 0 Å². The van der Waals surface area contributed by atoms with Crippen molar-refractivity contribution < 1.29 is 4.92 Å². The predicted octanol–water partition coefficient (Wildman–Crippen LogP) is 3.68. The average molecular weight is 374 g/mol. The number of nitro benzene ring substituents is 1. The van der Waals surface area contributed by atoms with E-state index in [4.69, 9.17) is 0 Å². The number of aromatic nitrogens is 2. The Morgan fingerprint density at radius 1 is 1.26 bits per heavy atom. The zero-order chi connectivity index (χ0) is 16.6. The molecule has 1 heterocycles. The number of hydrogen-bond acceptors (Lipinski definition) is 4. The summed E-state index contributed by atoms with van der Waals surface area (Å²) in [6, 6.07) is 12.3. The molecular weight excluding hydrogens is 362 g/mol. The SMILES string of the molecule is C[C@@H](c1ccccc1)n1c(=O)cnc2cc([N+](=O)[O-])c(Br)cc21. The summed E-state index contributed by atoms with van der Waals surface area (Å²) < 4.78 is 1.91. The molecule has 0 fully saturated rings. The average Bonchev–Trinajstić information content (AvgIpc) is 2.54. The Morgan fingerprint density at radius 2 is 1.96 bits per heavy atom. The Labute approximate surface area is 139 Å². The summed E-state index contributed by atoms with van der Waals surface area (Å²) in [5, 5.41) is 11.1. The third kappa shape index (κ3) is 2.75. The van der Waals surface area contributed by atoms with Gasteiger partial charge in [-0.25, -0.2) is 4.98 Å². The number of nitro groups is 1. The molecule has 0 bridgehead atoms. The van der Waals surface area contributed by atoms with E-state index in [-0.39, 0.29) is 17.3 Å². The molecule has 0 aliphatic rings. The Hall–Kier alpha value is -2.54. The van der Waals surface area contributed by atoms with E-state index in [2.05, 4.69) is 20.9 Å². The number of benzene rings is 2. The maximum atomic E-state index is 12.3. The highest BCUT2D eigenvalue weighted by Gasteiger charge is 2.18. The minimum absolute atomic E-state index is 0.0810. The van der Waals surface area contributed by atoms with Crippen molar-refractivity contribution >= 4 is 32.7 Å². The summed E-state index contributed by atoms with van der Waals surface area (Å²) in [6.45, 7) is 1.91. The van der Waals surface area contributed by atoms with Gasteiger partial charge in [0.05, 0.1) is 32.7 Å². The van der Waals surface area contributed by atoms with Crippen molar-refractivity contribution in [3.63, 3.8) is 0 Å². The van der Waals surface area contributed by atoms with Crippen molar-refractivity contribution in [1.82, 2.24) is 9.55 Å². The number of halogens is 1. The second-order valence-electron chi connectivity index (χ2n) is 5.10. The minimum Gasteiger partial charge on any atom is -0.298 e. The summed E-state index contributed by atoms with van der Waals surface area (Å²) in [6.07, 6.45) is 1.19. The predicted molar refractivity (Wildman–Crippen MR) is 90.6 cm³/mol. The van der Waals surface area contributed by atoms with Crippen LogP contribution in [0.1, 0.15) is 18.5 Å². The van der Waals surface area contributed by atoms with Gasteiger partial charge in [0, 0.05) is 6.07 Å². The monoisotopic (exact) mass is 373 g/mol. The van der Waals surface area contributed by atoms with E-state index in [0.717, 1.165) is 5.56 Å². The maximum absolute atomic E-state index is 12.3. The summed E-state index contributed by atoms with van der Waals surface area (Å²) in [5.41, 5.74) is 1.59. The molecule has 0 saturated carbocycles. The van der Waals surface area contributed by atoms with Crippen LogP contribution in [-0.2, 0) is 0 Å². The van der Waals surface area contributed by atoms with Crippen LogP contribution in [0.15, 0.2) is 57.9 Å². The van der Waals surface area contributed by atoms with Crippen molar-refractivity contribution in [2.45, 2.75) is 13.0 Å². The first kappa shape index (κ1) is 15.4. The highest BCUT2D eigenvalue weighted by atomic mass is 79.9. The van der Waals surface area contributed by atoms with Crippen LogP contribution in [0.3, 0.4) is 0 Å². The van der Waals surface area contributed by atoms with Crippen molar-refractivity contribution in [2.75, 3.05) is 0 Å². The van der Waals surface area contributed by atoms with Crippen LogP contribution in [0.25, 0.3) is 11.0 Å². The first-order valence-electron chi connectivity index (χ1n) is 6.89. The molecule has 3 aromatic rings. The molecule has 0 unspecified atom stereocenters. The number of rotatable bonds is 3. The number of nitrogens with zero attached hydrogens (tertiary/aromatic N) is 3. The van der Waals surface area contributed by atoms with Gasteiger partial charge in [-0.3, -0.25) is 19.5 Å². The molecule has 0 aliphatic heterocycles. The molecule has 1 aromatic heterocycles. The van der Waals surface area contributed by atoms with E-state index in [1.807, 2.05) is 37.3 Å². The van der Waals surface area contributed by atoms with Crippen LogP contribution < -0.4 is 5.56 Å². The molecule has 2 aromatic carbocycles. The Balaban J connectivity index is 2.28. The number of fused-ring (bicyclic) bond motifs is 1. The van der Waals surface area contributed by atoms with Gasteiger partial charge in [0.2, 0.25) is 0 Å². The van der Waals surface area contributed by atoms with E-state index in [1.165, 1.54) is 12.3 Å². The second kappa shape index (κ2) is 5.92. The van der Waals surface area contributed by atoms with Gasteiger partial charge in [-0.2, -0.15) is 0 Å². The molecule has 0 radical (unpaired) electrons. The van der Waals surface area contributed by atoms with Crippen molar-refractivity contribution in [3.8, 4) is 0 Å². The number of hydrogen-bond donors (Lipinski definition) is 0. The quantitative estimate of drug-likeness (QED) is 0.518. The van der Waals surface area contributed by atoms with Gasteiger partial charge in [0.1, 0.15) is 0 Å². The van der Waals surface area contributed by atoms with Crippen molar-refractivity contribution in [3.05, 3.63) is 79.2 Å². The minimum atomic E-state index is -0.485. The summed E-state index contributed by atoms with van der Waals surface area (Å²) in [7, 11) is 0. The summed E-state index contributed by atoms with van der Waals surface area (Å²) in [4.78, 5) is 26.9. The van der Waals surface area contributed by atoms with E-state index in [9.17, 15) is 14.9 Å². The van der Waals surface area contributed by atoms with E-state index >= 15 is 0 Å². The zero-order valence-corrected chi connectivity index (χ0v) is 13.7. The summed E-state index contributed by atoms with van der Waals surface area (Å²) in [5.74, 6) is 0. The maximum Gasteiger partial charge on any atom is 0.285 e. The molecule has 7 heteroatoms. The molecule has 1 atom stereocenters. The van der Waals surface area contributed by atoms with Gasteiger partial charge in [-0.15, -0.1) is 0 Å². The molecule has 0 aliphatic carbocycles. The van der Waals surface area contributed by atoms with Gasteiger partial charge in [0.25, 0.3) is 11.2 Å². The topological polar surface area (TPSA) is 78.0 Å². The molecule has 3 rings (SSSR count). The fourth-order valence-corrected chi connectivity index (χ4v) is 3.04. The largest absolute Gasteiger partial charge is 0.298 e. The summed E-state index contributed by atoms with van der Waals surface area (Å²) >= 11 is 3.20. The normalized spacial score (nSPS) is 12.3. The molecule has 0 spiro atoms. The Bertz CT molecular complexity index is 954. The first-order chi connectivity index (χ1) is 11.0.